The van der Waals surface area contributed by atoms with E-state index in [1.807, 2.05) is 17.5 Å². The molecule has 4 N–H and O–H groups in total. The number of nitrogen functional groups attached to an aromatic ring is 2. The van der Waals surface area contributed by atoms with E-state index in [2.05, 4.69) is 0 Å². The molecule has 0 atom stereocenters. The molecular formula is C10H9ClN2S. The zero-order valence-corrected chi connectivity index (χ0v) is 8.90. The van der Waals surface area contributed by atoms with Crippen LogP contribution in [0.1, 0.15) is 0 Å². The maximum Gasteiger partial charge on any atom is 0.0934 e. The first-order chi connectivity index (χ1) is 6.66. The first-order valence-electron chi connectivity index (χ1n) is 4.06. The molecule has 4 heteroatoms. The van der Waals surface area contributed by atoms with Crippen molar-refractivity contribution >= 4 is 34.3 Å². The highest BCUT2D eigenvalue weighted by atomic mass is 35.5. The minimum absolute atomic E-state index is 0.705. The second-order valence-electron chi connectivity index (χ2n) is 2.99. The Balaban J connectivity index is 2.55. The fourth-order valence-corrected chi connectivity index (χ4v) is 2.16. The Hall–Kier alpha value is -1.19. The van der Waals surface area contributed by atoms with Gasteiger partial charge < -0.3 is 11.5 Å². The van der Waals surface area contributed by atoms with Crippen molar-refractivity contribution < 1.29 is 0 Å². The average Bonchev–Trinajstić information content (AvgIpc) is 2.56. The zero-order chi connectivity index (χ0) is 10.1. The van der Waals surface area contributed by atoms with Crippen LogP contribution in [0.2, 0.25) is 4.34 Å². The van der Waals surface area contributed by atoms with E-state index < -0.39 is 0 Å². The maximum absolute atomic E-state index is 5.85. The molecular weight excluding hydrogens is 216 g/mol. The Labute approximate surface area is 91.1 Å². The standard InChI is InChI=1S/C10H9ClN2S/c11-10-3-6(5-14-10)8-4-7(12)1-2-9(8)13/h1-5H,12-13H2. The summed E-state index contributed by atoms with van der Waals surface area (Å²) in [7, 11) is 0. The number of benzene rings is 1. The molecule has 2 aromatic rings. The largest absolute Gasteiger partial charge is 0.399 e. The van der Waals surface area contributed by atoms with Gasteiger partial charge in [0.1, 0.15) is 0 Å². The molecule has 0 fully saturated rings. The summed E-state index contributed by atoms with van der Waals surface area (Å²) in [5.74, 6) is 0. The number of anilines is 2. The van der Waals surface area contributed by atoms with Crippen LogP contribution in [0.15, 0.2) is 29.6 Å². The molecule has 0 aliphatic carbocycles. The SMILES string of the molecule is Nc1ccc(N)c(-c2csc(Cl)c2)c1. The van der Waals surface area contributed by atoms with Crippen molar-refractivity contribution in [2.75, 3.05) is 11.5 Å². The van der Waals surface area contributed by atoms with Gasteiger partial charge in [0.15, 0.2) is 0 Å². The number of rotatable bonds is 1. The zero-order valence-electron chi connectivity index (χ0n) is 7.33. The van der Waals surface area contributed by atoms with Crippen LogP contribution >= 0.6 is 22.9 Å². The van der Waals surface area contributed by atoms with Gasteiger partial charge in [-0.25, -0.2) is 0 Å². The van der Waals surface area contributed by atoms with Gasteiger partial charge >= 0.3 is 0 Å². The molecule has 0 unspecified atom stereocenters. The maximum atomic E-state index is 5.85. The fraction of sp³-hybridized carbons (Fsp3) is 0. The summed E-state index contributed by atoms with van der Waals surface area (Å²) in [6.07, 6.45) is 0. The average molecular weight is 225 g/mol. The van der Waals surface area contributed by atoms with Gasteiger partial charge in [-0.2, -0.15) is 0 Å². The first-order valence-corrected chi connectivity index (χ1v) is 5.32. The van der Waals surface area contributed by atoms with Crippen molar-refractivity contribution in [2.45, 2.75) is 0 Å². The third-order valence-electron chi connectivity index (χ3n) is 1.96. The van der Waals surface area contributed by atoms with E-state index in [0.717, 1.165) is 15.5 Å². The van der Waals surface area contributed by atoms with E-state index in [1.165, 1.54) is 11.3 Å². The van der Waals surface area contributed by atoms with E-state index >= 15 is 0 Å². The van der Waals surface area contributed by atoms with Crippen LogP contribution in [0.5, 0.6) is 0 Å². The monoisotopic (exact) mass is 224 g/mol. The Morgan fingerprint density at radius 3 is 2.57 bits per heavy atom. The molecule has 0 saturated carbocycles. The highest BCUT2D eigenvalue weighted by molar-refractivity contribution is 7.14. The van der Waals surface area contributed by atoms with Gasteiger partial charge in [0.25, 0.3) is 0 Å². The molecule has 72 valence electrons. The summed E-state index contributed by atoms with van der Waals surface area (Å²) in [4.78, 5) is 0. The number of hydrogen-bond acceptors (Lipinski definition) is 3. The first kappa shape index (κ1) is 9.37. The molecule has 0 aliphatic heterocycles. The molecule has 1 aromatic heterocycles. The Kier molecular flexibility index (Phi) is 2.35. The van der Waals surface area contributed by atoms with E-state index in [-0.39, 0.29) is 0 Å². The summed E-state index contributed by atoms with van der Waals surface area (Å²) in [5, 5.41) is 1.97. The number of hydrogen-bond donors (Lipinski definition) is 2. The van der Waals surface area contributed by atoms with Crippen molar-refractivity contribution in [1.29, 1.82) is 0 Å². The van der Waals surface area contributed by atoms with Crippen molar-refractivity contribution in [3.8, 4) is 11.1 Å². The molecule has 0 amide bonds. The van der Waals surface area contributed by atoms with Gasteiger partial charge in [-0.3, -0.25) is 0 Å². The van der Waals surface area contributed by atoms with E-state index in [4.69, 9.17) is 23.1 Å². The second-order valence-corrected chi connectivity index (χ2v) is 4.53. The topological polar surface area (TPSA) is 52.0 Å². The normalized spacial score (nSPS) is 10.4. The van der Waals surface area contributed by atoms with Crippen LogP contribution in [-0.4, -0.2) is 0 Å². The summed E-state index contributed by atoms with van der Waals surface area (Å²) >= 11 is 7.33. The summed E-state index contributed by atoms with van der Waals surface area (Å²) in [6, 6.07) is 7.33. The second kappa shape index (κ2) is 3.52. The third-order valence-corrected chi connectivity index (χ3v) is 3.05. The summed E-state index contributed by atoms with van der Waals surface area (Å²) in [6.45, 7) is 0. The molecule has 2 nitrogen and oxygen atoms in total. The van der Waals surface area contributed by atoms with Crippen molar-refractivity contribution in [3.05, 3.63) is 34.0 Å². The molecule has 0 saturated heterocycles. The van der Waals surface area contributed by atoms with Gasteiger partial charge in [0.05, 0.1) is 4.34 Å². The Morgan fingerprint density at radius 1 is 1.14 bits per heavy atom. The predicted octanol–water partition coefficient (Wildman–Crippen LogP) is 3.23. The van der Waals surface area contributed by atoms with Crippen LogP contribution in [0, 0.1) is 0 Å². The molecule has 14 heavy (non-hydrogen) atoms. The molecule has 1 heterocycles. The lowest BCUT2D eigenvalue weighted by Crippen LogP contribution is -1.91. The highest BCUT2D eigenvalue weighted by Crippen LogP contribution is 2.33. The lowest BCUT2D eigenvalue weighted by molar-refractivity contribution is 1.64. The third kappa shape index (κ3) is 1.69. The lowest BCUT2D eigenvalue weighted by Gasteiger charge is -2.03. The number of thiophene rings is 1. The lowest BCUT2D eigenvalue weighted by atomic mass is 10.1. The minimum Gasteiger partial charge on any atom is -0.399 e. The van der Waals surface area contributed by atoms with E-state index in [9.17, 15) is 0 Å². The van der Waals surface area contributed by atoms with Crippen LogP contribution in [0.3, 0.4) is 0 Å². The molecule has 0 bridgehead atoms. The number of halogens is 1. The van der Waals surface area contributed by atoms with E-state index in [1.54, 1.807) is 12.1 Å². The van der Waals surface area contributed by atoms with Crippen LogP contribution in [0.4, 0.5) is 11.4 Å². The van der Waals surface area contributed by atoms with Crippen molar-refractivity contribution in [1.82, 2.24) is 0 Å². The summed E-state index contributed by atoms with van der Waals surface area (Å²) < 4.78 is 0.752. The molecule has 0 radical (unpaired) electrons. The van der Waals surface area contributed by atoms with Crippen molar-refractivity contribution in [3.63, 3.8) is 0 Å². The summed E-state index contributed by atoms with van der Waals surface area (Å²) in [5.41, 5.74) is 14.9. The van der Waals surface area contributed by atoms with Crippen LogP contribution in [0.25, 0.3) is 11.1 Å². The molecule has 1 aromatic carbocycles. The van der Waals surface area contributed by atoms with E-state index in [0.29, 0.717) is 11.4 Å². The van der Waals surface area contributed by atoms with Gasteiger partial charge in [-0.05, 0) is 29.8 Å². The number of nitrogens with two attached hydrogens (primary N) is 2. The van der Waals surface area contributed by atoms with Crippen LogP contribution in [-0.2, 0) is 0 Å². The predicted molar refractivity (Wildman–Crippen MR) is 63.6 cm³/mol. The van der Waals surface area contributed by atoms with Gasteiger partial charge in [0, 0.05) is 22.3 Å². The fourth-order valence-electron chi connectivity index (χ4n) is 1.28. The highest BCUT2D eigenvalue weighted by Gasteiger charge is 2.05. The quantitative estimate of drug-likeness (QED) is 0.731. The molecule has 0 spiro atoms. The van der Waals surface area contributed by atoms with Gasteiger partial charge in [-0.1, -0.05) is 11.6 Å². The smallest absolute Gasteiger partial charge is 0.0934 e. The minimum atomic E-state index is 0.705. The van der Waals surface area contributed by atoms with Crippen LogP contribution < -0.4 is 11.5 Å². The molecule has 2 rings (SSSR count). The Morgan fingerprint density at radius 2 is 1.93 bits per heavy atom. The Bertz CT molecular complexity index is 465. The van der Waals surface area contributed by atoms with Crippen molar-refractivity contribution in [2.24, 2.45) is 0 Å². The van der Waals surface area contributed by atoms with Gasteiger partial charge in [-0.15, -0.1) is 11.3 Å². The van der Waals surface area contributed by atoms with Gasteiger partial charge in [0.2, 0.25) is 0 Å². The molecule has 0 aliphatic rings.